The molecule has 0 spiro atoms. The lowest BCUT2D eigenvalue weighted by Crippen LogP contribution is -2.26. The van der Waals surface area contributed by atoms with Crippen LogP contribution in [0.1, 0.15) is 31.3 Å². The van der Waals surface area contributed by atoms with E-state index in [0.717, 1.165) is 18.1 Å². The molecule has 17 heavy (non-hydrogen) atoms. The van der Waals surface area contributed by atoms with Gasteiger partial charge < -0.3 is 5.32 Å². The Morgan fingerprint density at radius 3 is 2.76 bits per heavy atom. The molecule has 0 saturated heterocycles. The van der Waals surface area contributed by atoms with Crippen LogP contribution < -0.4 is 5.32 Å². The highest BCUT2D eigenvalue weighted by Crippen LogP contribution is 2.28. The number of rotatable bonds is 5. The summed E-state index contributed by atoms with van der Waals surface area (Å²) in [6.07, 6.45) is 1.01. The maximum atomic E-state index is 4.52. The third-order valence-electron chi connectivity index (χ3n) is 2.78. The molecule has 0 aliphatic heterocycles. The molecule has 1 N–H and O–H groups in total. The summed E-state index contributed by atoms with van der Waals surface area (Å²) in [5.74, 6) is 0. The van der Waals surface area contributed by atoms with Crippen molar-refractivity contribution in [2.75, 3.05) is 11.9 Å². The van der Waals surface area contributed by atoms with Gasteiger partial charge in [-0.05, 0) is 17.9 Å². The van der Waals surface area contributed by atoms with Gasteiger partial charge in [0.05, 0.1) is 5.69 Å². The van der Waals surface area contributed by atoms with Gasteiger partial charge in [0.25, 0.3) is 0 Å². The second-order valence-electron chi connectivity index (χ2n) is 4.71. The largest absolute Gasteiger partial charge is 0.361 e. The van der Waals surface area contributed by atoms with Crippen molar-refractivity contribution in [1.29, 1.82) is 0 Å². The highest BCUT2D eigenvalue weighted by atomic mass is 32.1. The predicted octanol–water partition coefficient (Wildman–Crippen LogP) is 4.16. The SMILES string of the molecule is CCc1csc(NCC(C)(C)c2cccs2)n1. The Balaban J connectivity index is 1.97. The molecule has 0 amide bonds. The van der Waals surface area contributed by atoms with Crippen LogP contribution in [0.4, 0.5) is 5.13 Å². The molecule has 92 valence electrons. The molecule has 0 saturated carbocycles. The molecule has 0 aliphatic carbocycles. The smallest absolute Gasteiger partial charge is 0.182 e. The maximum absolute atomic E-state index is 4.52. The van der Waals surface area contributed by atoms with Gasteiger partial charge in [0.2, 0.25) is 0 Å². The summed E-state index contributed by atoms with van der Waals surface area (Å²) < 4.78 is 0. The average molecular weight is 266 g/mol. The van der Waals surface area contributed by atoms with Gasteiger partial charge in [0, 0.05) is 22.2 Å². The van der Waals surface area contributed by atoms with Gasteiger partial charge in [-0.1, -0.05) is 26.8 Å². The minimum atomic E-state index is 0.159. The third-order valence-corrected chi connectivity index (χ3v) is 4.87. The van der Waals surface area contributed by atoms with Gasteiger partial charge in [-0.15, -0.1) is 22.7 Å². The van der Waals surface area contributed by atoms with Crippen LogP contribution in [0.15, 0.2) is 22.9 Å². The van der Waals surface area contributed by atoms with Crippen LogP contribution in [0.25, 0.3) is 0 Å². The fourth-order valence-corrected chi connectivity index (χ4v) is 3.24. The molecular formula is C13H18N2S2. The normalized spacial score (nSPS) is 11.7. The number of hydrogen-bond donors (Lipinski definition) is 1. The number of aromatic nitrogens is 1. The van der Waals surface area contributed by atoms with Crippen molar-refractivity contribution in [2.45, 2.75) is 32.6 Å². The van der Waals surface area contributed by atoms with E-state index in [-0.39, 0.29) is 5.41 Å². The number of hydrogen-bond acceptors (Lipinski definition) is 4. The zero-order valence-corrected chi connectivity index (χ0v) is 12.1. The summed E-state index contributed by atoms with van der Waals surface area (Å²) >= 11 is 3.51. The average Bonchev–Trinajstić information content (AvgIpc) is 2.98. The van der Waals surface area contributed by atoms with Crippen LogP contribution in [-0.4, -0.2) is 11.5 Å². The summed E-state index contributed by atoms with van der Waals surface area (Å²) in [6.45, 7) is 7.58. The molecule has 0 aliphatic rings. The van der Waals surface area contributed by atoms with E-state index in [4.69, 9.17) is 0 Å². The van der Waals surface area contributed by atoms with Crippen molar-refractivity contribution in [3.8, 4) is 0 Å². The first-order valence-corrected chi connectivity index (χ1v) is 7.60. The standard InChI is InChI=1S/C13H18N2S2/c1-4-10-8-17-12(15-10)14-9-13(2,3)11-6-5-7-16-11/h5-8H,4,9H2,1-3H3,(H,14,15). The van der Waals surface area contributed by atoms with E-state index in [1.165, 1.54) is 10.6 Å². The molecule has 2 nitrogen and oxygen atoms in total. The van der Waals surface area contributed by atoms with Gasteiger partial charge in [-0.3, -0.25) is 0 Å². The van der Waals surface area contributed by atoms with Gasteiger partial charge in [-0.2, -0.15) is 0 Å². The number of nitrogens with one attached hydrogen (secondary N) is 1. The van der Waals surface area contributed by atoms with Crippen LogP contribution in [0.5, 0.6) is 0 Å². The van der Waals surface area contributed by atoms with Crippen LogP contribution in [0.3, 0.4) is 0 Å². The summed E-state index contributed by atoms with van der Waals surface area (Å²) in [7, 11) is 0. The topological polar surface area (TPSA) is 24.9 Å². The summed E-state index contributed by atoms with van der Waals surface area (Å²) in [5, 5.41) is 8.74. The molecular weight excluding hydrogens is 248 g/mol. The summed E-state index contributed by atoms with van der Waals surface area (Å²) in [5.41, 5.74) is 1.33. The molecule has 0 atom stereocenters. The number of nitrogens with zero attached hydrogens (tertiary/aromatic N) is 1. The number of thiophene rings is 1. The molecule has 2 aromatic rings. The fourth-order valence-electron chi connectivity index (χ4n) is 1.60. The lowest BCUT2D eigenvalue weighted by molar-refractivity contribution is 0.569. The number of thiazole rings is 1. The van der Waals surface area contributed by atoms with Crippen molar-refractivity contribution in [2.24, 2.45) is 0 Å². The molecule has 2 heterocycles. The Bertz CT molecular complexity index is 457. The predicted molar refractivity (Wildman–Crippen MR) is 77.3 cm³/mol. The first kappa shape index (κ1) is 12.6. The molecule has 4 heteroatoms. The highest BCUT2D eigenvalue weighted by Gasteiger charge is 2.21. The first-order chi connectivity index (χ1) is 8.12. The van der Waals surface area contributed by atoms with E-state index in [2.05, 4.69) is 54.0 Å². The van der Waals surface area contributed by atoms with Gasteiger partial charge in [-0.25, -0.2) is 4.98 Å². The van der Waals surface area contributed by atoms with E-state index >= 15 is 0 Å². The first-order valence-electron chi connectivity index (χ1n) is 5.84. The second-order valence-corrected chi connectivity index (χ2v) is 6.52. The molecule has 0 bridgehead atoms. The number of anilines is 1. The van der Waals surface area contributed by atoms with E-state index in [1.807, 2.05) is 11.3 Å². The zero-order chi connectivity index (χ0) is 12.3. The lowest BCUT2D eigenvalue weighted by atomic mass is 9.91. The molecule has 2 aromatic heterocycles. The molecule has 0 radical (unpaired) electrons. The van der Waals surface area contributed by atoms with Crippen LogP contribution in [-0.2, 0) is 11.8 Å². The van der Waals surface area contributed by atoms with E-state index in [1.54, 1.807) is 11.3 Å². The Morgan fingerprint density at radius 2 is 2.18 bits per heavy atom. The van der Waals surface area contributed by atoms with Gasteiger partial charge in [0.1, 0.15) is 0 Å². The molecule has 0 unspecified atom stereocenters. The van der Waals surface area contributed by atoms with Crippen LogP contribution >= 0.6 is 22.7 Å². The van der Waals surface area contributed by atoms with Crippen LogP contribution in [0, 0.1) is 0 Å². The van der Waals surface area contributed by atoms with E-state index < -0.39 is 0 Å². The highest BCUT2D eigenvalue weighted by molar-refractivity contribution is 7.13. The Kier molecular flexibility index (Phi) is 3.84. The van der Waals surface area contributed by atoms with Gasteiger partial charge >= 0.3 is 0 Å². The molecule has 0 aromatic carbocycles. The second kappa shape index (κ2) is 5.19. The minimum absolute atomic E-state index is 0.159. The lowest BCUT2D eigenvalue weighted by Gasteiger charge is -2.23. The molecule has 0 fully saturated rings. The fraction of sp³-hybridized carbons (Fsp3) is 0.462. The molecule has 2 rings (SSSR count). The third kappa shape index (κ3) is 3.07. The van der Waals surface area contributed by atoms with E-state index in [9.17, 15) is 0 Å². The number of aryl methyl sites for hydroxylation is 1. The van der Waals surface area contributed by atoms with Gasteiger partial charge in [0.15, 0.2) is 5.13 Å². The zero-order valence-electron chi connectivity index (χ0n) is 10.5. The maximum Gasteiger partial charge on any atom is 0.182 e. The minimum Gasteiger partial charge on any atom is -0.361 e. The van der Waals surface area contributed by atoms with Crippen molar-refractivity contribution >= 4 is 27.8 Å². The van der Waals surface area contributed by atoms with Crippen molar-refractivity contribution in [3.63, 3.8) is 0 Å². The summed E-state index contributed by atoms with van der Waals surface area (Å²) in [4.78, 5) is 5.94. The van der Waals surface area contributed by atoms with Crippen molar-refractivity contribution in [3.05, 3.63) is 33.5 Å². The van der Waals surface area contributed by atoms with Crippen molar-refractivity contribution in [1.82, 2.24) is 4.98 Å². The Morgan fingerprint density at radius 1 is 1.35 bits per heavy atom. The monoisotopic (exact) mass is 266 g/mol. The van der Waals surface area contributed by atoms with E-state index in [0.29, 0.717) is 0 Å². The summed E-state index contributed by atoms with van der Waals surface area (Å²) in [6, 6.07) is 4.31. The quantitative estimate of drug-likeness (QED) is 0.879. The Hall–Kier alpha value is -0.870. The van der Waals surface area contributed by atoms with Crippen LogP contribution in [0.2, 0.25) is 0 Å². The Labute approximate surface area is 111 Å². The van der Waals surface area contributed by atoms with Crippen molar-refractivity contribution < 1.29 is 0 Å².